The minimum absolute atomic E-state index is 0.0610. The first-order valence-corrected chi connectivity index (χ1v) is 11.2. The maximum Gasteiger partial charge on any atom is 0.254 e. The molecule has 1 aliphatic rings. The van der Waals surface area contributed by atoms with Crippen LogP contribution in [0.15, 0.2) is 78.9 Å². The molecule has 3 aromatic carbocycles. The molecule has 4 nitrogen and oxygen atoms in total. The third-order valence-corrected chi connectivity index (χ3v) is 6.32. The first-order chi connectivity index (χ1) is 15.6. The predicted octanol–water partition coefficient (Wildman–Crippen LogP) is 5.83. The molecule has 0 saturated carbocycles. The molecule has 4 aromatic rings. The summed E-state index contributed by atoms with van der Waals surface area (Å²) in [6.45, 7) is 4.94. The molecule has 0 unspecified atom stereocenters. The molecule has 5 heteroatoms. The molecule has 32 heavy (non-hydrogen) atoms. The molecule has 0 radical (unpaired) electrons. The van der Waals surface area contributed by atoms with E-state index in [4.69, 9.17) is 16.6 Å². The van der Waals surface area contributed by atoms with Gasteiger partial charge in [-0.1, -0.05) is 66.2 Å². The number of nitrogens with zero attached hydrogens (tertiary/aromatic N) is 3. The lowest BCUT2D eigenvalue weighted by Crippen LogP contribution is -2.48. The molecule has 0 atom stereocenters. The van der Waals surface area contributed by atoms with Crippen molar-refractivity contribution in [1.82, 2.24) is 9.88 Å². The Hall–Kier alpha value is -3.37. The number of hydrogen-bond acceptors (Lipinski definition) is 3. The maximum absolute atomic E-state index is 13.7. The smallest absolute Gasteiger partial charge is 0.254 e. The van der Waals surface area contributed by atoms with Crippen LogP contribution in [0.3, 0.4) is 0 Å². The number of aryl methyl sites for hydroxylation is 1. The summed E-state index contributed by atoms with van der Waals surface area (Å²) in [5, 5.41) is 1.64. The zero-order valence-corrected chi connectivity index (χ0v) is 18.7. The van der Waals surface area contributed by atoms with Crippen LogP contribution in [0, 0.1) is 6.92 Å². The Morgan fingerprint density at radius 3 is 2.38 bits per heavy atom. The molecule has 1 fully saturated rings. The fourth-order valence-corrected chi connectivity index (χ4v) is 4.52. The SMILES string of the molecule is Cc1cccc2c(C(=O)N3CCN(c4cccc(Cl)c4)CC3)cc(-c3ccccc3)nc12. The van der Waals surface area contributed by atoms with Crippen LogP contribution in [0.4, 0.5) is 5.69 Å². The minimum atomic E-state index is 0.0610. The Morgan fingerprint density at radius 2 is 1.62 bits per heavy atom. The summed E-state index contributed by atoms with van der Waals surface area (Å²) in [5.74, 6) is 0.0610. The number of piperazine rings is 1. The molecule has 1 saturated heterocycles. The summed E-state index contributed by atoms with van der Waals surface area (Å²) >= 11 is 6.16. The van der Waals surface area contributed by atoms with E-state index in [9.17, 15) is 4.79 Å². The van der Waals surface area contributed by atoms with Crippen LogP contribution in [-0.2, 0) is 0 Å². The highest BCUT2D eigenvalue weighted by molar-refractivity contribution is 6.30. The summed E-state index contributed by atoms with van der Waals surface area (Å²) < 4.78 is 0. The van der Waals surface area contributed by atoms with E-state index in [1.54, 1.807) is 0 Å². The van der Waals surface area contributed by atoms with Crippen molar-refractivity contribution in [2.45, 2.75) is 6.92 Å². The van der Waals surface area contributed by atoms with E-state index in [-0.39, 0.29) is 5.91 Å². The van der Waals surface area contributed by atoms with Crippen LogP contribution in [-0.4, -0.2) is 42.0 Å². The second-order valence-corrected chi connectivity index (χ2v) is 8.59. The number of para-hydroxylation sites is 1. The van der Waals surface area contributed by atoms with Gasteiger partial charge in [-0.25, -0.2) is 4.98 Å². The van der Waals surface area contributed by atoms with Crippen LogP contribution < -0.4 is 4.90 Å². The van der Waals surface area contributed by atoms with E-state index in [1.807, 2.05) is 84.6 Å². The highest BCUT2D eigenvalue weighted by atomic mass is 35.5. The molecule has 0 N–H and O–H groups in total. The van der Waals surface area contributed by atoms with Gasteiger partial charge in [-0.3, -0.25) is 4.79 Å². The van der Waals surface area contributed by atoms with Gasteiger partial charge in [-0.15, -0.1) is 0 Å². The molecule has 0 spiro atoms. The lowest BCUT2D eigenvalue weighted by molar-refractivity contribution is 0.0748. The highest BCUT2D eigenvalue weighted by Crippen LogP contribution is 2.28. The first-order valence-electron chi connectivity index (χ1n) is 10.9. The number of amides is 1. The maximum atomic E-state index is 13.7. The van der Waals surface area contributed by atoms with E-state index < -0.39 is 0 Å². The Balaban J connectivity index is 1.46. The Bertz CT molecular complexity index is 1280. The fraction of sp³-hybridized carbons (Fsp3) is 0.185. The molecule has 0 aliphatic carbocycles. The van der Waals surface area contributed by atoms with Crippen molar-refractivity contribution in [3.8, 4) is 11.3 Å². The van der Waals surface area contributed by atoms with Gasteiger partial charge in [-0.05, 0) is 36.8 Å². The number of benzene rings is 3. The average Bonchev–Trinajstić information content (AvgIpc) is 2.84. The van der Waals surface area contributed by atoms with Crippen molar-refractivity contribution < 1.29 is 4.79 Å². The Kier molecular flexibility index (Phi) is 5.54. The van der Waals surface area contributed by atoms with Crippen LogP contribution in [0.5, 0.6) is 0 Å². The largest absolute Gasteiger partial charge is 0.368 e. The van der Waals surface area contributed by atoms with Crippen molar-refractivity contribution in [3.05, 3.63) is 95.0 Å². The molecule has 5 rings (SSSR count). The zero-order chi connectivity index (χ0) is 22.1. The van der Waals surface area contributed by atoms with E-state index in [0.29, 0.717) is 18.7 Å². The molecule has 1 aromatic heterocycles. The van der Waals surface area contributed by atoms with Gasteiger partial charge in [0.05, 0.1) is 16.8 Å². The number of pyridine rings is 1. The summed E-state index contributed by atoms with van der Waals surface area (Å²) in [5.41, 5.74) is 5.61. The van der Waals surface area contributed by atoms with E-state index in [2.05, 4.69) is 11.0 Å². The molecular formula is C27H24ClN3O. The number of rotatable bonds is 3. The third-order valence-electron chi connectivity index (χ3n) is 6.08. The predicted molar refractivity (Wildman–Crippen MR) is 131 cm³/mol. The summed E-state index contributed by atoms with van der Waals surface area (Å²) in [6, 6.07) is 25.9. The summed E-state index contributed by atoms with van der Waals surface area (Å²) in [6.07, 6.45) is 0. The van der Waals surface area contributed by atoms with Gasteiger partial charge in [-0.2, -0.15) is 0 Å². The van der Waals surface area contributed by atoms with E-state index in [1.165, 1.54) is 0 Å². The van der Waals surface area contributed by atoms with E-state index in [0.717, 1.165) is 51.5 Å². The standard InChI is InChI=1S/C27H24ClN3O/c1-19-7-5-12-23-24(18-25(29-26(19)23)20-8-3-2-4-9-20)27(32)31-15-13-30(14-16-31)22-11-6-10-21(28)17-22/h2-12,17-18H,13-16H2,1H3. The number of aromatic nitrogens is 1. The van der Waals surface area contributed by atoms with Gasteiger partial charge in [0.1, 0.15) is 0 Å². The van der Waals surface area contributed by atoms with Gasteiger partial charge in [0, 0.05) is 47.8 Å². The number of halogens is 1. The Labute approximate surface area is 193 Å². The zero-order valence-electron chi connectivity index (χ0n) is 18.0. The van der Waals surface area contributed by atoms with Crippen LogP contribution in [0.2, 0.25) is 5.02 Å². The number of carbonyl (C=O) groups excluding carboxylic acids is 1. The second-order valence-electron chi connectivity index (χ2n) is 8.15. The van der Waals surface area contributed by atoms with Crippen molar-refractivity contribution in [3.63, 3.8) is 0 Å². The van der Waals surface area contributed by atoms with Gasteiger partial charge < -0.3 is 9.80 Å². The van der Waals surface area contributed by atoms with Crippen molar-refractivity contribution in [1.29, 1.82) is 0 Å². The fourth-order valence-electron chi connectivity index (χ4n) is 4.34. The molecule has 1 amide bonds. The number of anilines is 1. The van der Waals surface area contributed by atoms with Crippen molar-refractivity contribution in [2.24, 2.45) is 0 Å². The van der Waals surface area contributed by atoms with E-state index >= 15 is 0 Å². The lowest BCUT2D eigenvalue weighted by atomic mass is 10.0. The molecule has 1 aliphatic heterocycles. The summed E-state index contributed by atoms with van der Waals surface area (Å²) in [7, 11) is 0. The average molecular weight is 442 g/mol. The highest BCUT2D eigenvalue weighted by Gasteiger charge is 2.25. The summed E-state index contributed by atoms with van der Waals surface area (Å²) in [4.78, 5) is 22.8. The molecule has 2 heterocycles. The van der Waals surface area contributed by atoms with Gasteiger partial charge in [0.2, 0.25) is 0 Å². The van der Waals surface area contributed by atoms with Crippen molar-refractivity contribution >= 4 is 34.1 Å². The monoisotopic (exact) mass is 441 g/mol. The number of carbonyl (C=O) groups is 1. The van der Waals surface area contributed by atoms with Gasteiger partial charge in [0.15, 0.2) is 0 Å². The van der Waals surface area contributed by atoms with Crippen molar-refractivity contribution in [2.75, 3.05) is 31.1 Å². The van der Waals surface area contributed by atoms with Crippen LogP contribution in [0.25, 0.3) is 22.2 Å². The van der Waals surface area contributed by atoms with Gasteiger partial charge in [0.25, 0.3) is 5.91 Å². The minimum Gasteiger partial charge on any atom is -0.368 e. The van der Waals surface area contributed by atoms with Crippen LogP contribution in [0.1, 0.15) is 15.9 Å². The van der Waals surface area contributed by atoms with Gasteiger partial charge >= 0.3 is 0 Å². The topological polar surface area (TPSA) is 36.4 Å². The number of hydrogen-bond donors (Lipinski definition) is 0. The molecule has 160 valence electrons. The third kappa shape index (κ3) is 3.94. The Morgan fingerprint density at radius 1 is 0.875 bits per heavy atom. The second kappa shape index (κ2) is 8.64. The lowest BCUT2D eigenvalue weighted by Gasteiger charge is -2.36. The molecule has 0 bridgehead atoms. The molecular weight excluding hydrogens is 418 g/mol. The quantitative estimate of drug-likeness (QED) is 0.401. The first kappa shape index (κ1) is 20.5. The van der Waals surface area contributed by atoms with Crippen LogP contribution >= 0.6 is 11.6 Å². The number of fused-ring (bicyclic) bond motifs is 1. The normalized spacial score (nSPS) is 14.1.